The summed E-state index contributed by atoms with van der Waals surface area (Å²) in [5.74, 6) is 0.522. The summed E-state index contributed by atoms with van der Waals surface area (Å²) in [6.07, 6.45) is 14.7. The lowest BCUT2D eigenvalue weighted by atomic mass is 9.98. The molecule has 0 unspecified atom stereocenters. The molecule has 0 spiro atoms. The highest BCUT2D eigenvalue weighted by Crippen LogP contribution is 2.20. The molecule has 1 fully saturated rings. The number of carbonyl (C=O) groups is 1. The van der Waals surface area contributed by atoms with Gasteiger partial charge in [0.15, 0.2) is 0 Å². The van der Waals surface area contributed by atoms with E-state index < -0.39 is 0 Å². The Bertz CT molecular complexity index is 660. The monoisotopic (exact) mass is 385 g/mol. The van der Waals surface area contributed by atoms with Gasteiger partial charge in [-0.15, -0.1) is 0 Å². The molecule has 152 valence electrons. The van der Waals surface area contributed by atoms with E-state index >= 15 is 0 Å². The third-order valence-corrected chi connectivity index (χ3v) is 5.05. The van der Waals surface area contributed by atoms with E-state index in [9.17, 15) is 4.79 Å². The summed E-state index contributed by atoms with van der Waals surface area (Å²) in [6.45, 7) is 1.65. The van der Waals surface area contributed by atoms with E-state index in [1.54, 1.807) is 6.20 Å². The zero-order valence-electron chi connectivity index (χ0n) is 16.5. The molecule has 0 aromatic heterocycles. The number of nitrogens with one attached hydrogen (secondary N) is 1. The molecule has 0 atom stereocenters. The number of hydrogen-bond donors (Lipinski definition) is 1. The molecule has 5 nitrogen and oxygen atoms in total. The Morgan fingerprint density at radius 1 is 1.04 bits per heavy atom. The van der Waals surface area contributed by atoms with Gasteiger partial charge < -0.3 is 19.5 Å². The molecule has 1 aliphatic heterocycles. The van der Waals surface area contributed by atoms with Gasteiger partial charge in [0.25, 0.3) is 0 Å². The number of esters is 1. The minimum Gasteiger partial charge on any atom is -0.493 e. The highest BCUT2D eigenvalue weighted by molar-refractivity contribution is 5.88. The molecule has 0 amide bonds. The van der Waals surface area contributed by atoms with Crippen LogP contribution in [0, 0.1) is 0 Å². The van der Waals surface area contributed by atoms with Crippen molar-refractivity contribution in [3.63, 3.8) is 0 Å². The maximum absolute atomic E-state index is 11.8. The van der Waals surface area contributed by atoms with Crippen LogP contribution in [0.2, 0.25) is 0 Å². The van der Waals surface area contributed by atoms with E-state index in [1.165, 1.54) is 37.7 Å². The molecule has 3 rings (SSSR count). The summed E-state index contributed by atoms with van der Waals surface area (Å²) in [4.78, 5) is 11.8. The van der Waals surface area contributed by atoms with Crippen molar-refractivity contribution < 1.29 is 19.0 Å². The van der Waals surface area contributed by atoms with Gasteiger partial charge in [-0.25, -0.2) is 4.79 Å². The topological polar surface area (TPSA) is 56.8 Å². The van der Waals surface area contributed by atoms with E-state index in [4.69, 9.17) is 14.2 Å². The second kappa shape index (κ2) is 11.5. The lowest BCUT2D eigenvalue weighted by Gasteiger charge is -2.21. The van der Waals surface area contributed by atoms with E-state index in [2.05, 4.69) is 17.4 Å². The van der Waals surface area contributed by atoms with E-state index in [0.29, 0.717) is 31.4 Å². The normalized spacial score (nSPS) is 16.9. The fourth-order valence-corrected chi connectivity index (χ4v) is 3.42. The van der Waals surface area contributed by atoms with Gasteiger partial charge in [-0.3, -0.25) is 0 Å². The summed E-state index contributed by atoms with van der Waals surface area (Å²) in [7, 11) is 0. The molecule has 1 aromatic rings. The van der Waals surface area contributed by atoms with Crippen LogP contribution in [0.15, 0.2) is 48.3 Å². The number of hydrogen-bond acceptors (Lipinski definition) is 5. The Labute approximate surface area is 167 Å². The van der Waals surface area contributed by atoms with Gasteiger partial charge in [-0.1, -0.05) is 37.5 Å². The summed E-state index contributed by atoms with van der Waals surface area (Å²) in [5, 5.41) is 2.89. The van der Waals surface area contributed by atoms with Crippen LogP contribution in [0.5, 0.6) is 5.75 Å². The number of carbonyl (C=O) groups excluding carboxylic acids is 1. The first-order chi connectivity index (χ1) is 13.8. The van der Waals surface area contributed by atoms with Crippen molar-refractivity contribution in [1.29, 1.82) is 0 Å². The van der Waals surface area contributed by atoms with Crippen LogP contribution in [0.25, 0.3) is 0 Å². The summed E-state index contributed by atoms with van der Waals surface area (Å²) in [6, 6.07) is 8.17. The lowest BCUT2D eigenvalue weighted by molar-refractivity contribution is -0.139. The predicted molar refractivity (Wildman–Crippen MR) is 109 cm³/mol. The van der Waals surface area contributed by atoms with E-state index in [0.717, 1.165) is 25.2 Å². The van der Waals surface area contributed by atoms with E-state index in [1.807, 2.05) is 24.3 Å². The fraction of sp³-hybridized carbons (Fsp3) is 0.522. The van der Waals surface area contributed by atoms with Crippen molar-refractivity contribution in [3.8, 4) is 5.75 Å². The predicted octanol–water partition coefficient (Wildman–Crippen LogP) is 4.28. The third kappa shape index (κ3) is 7.04. The summed E-state index contributed by atoms with van der Waals surface area (Å²) < 4.78 is 16.9. The molecular weight excluding hydrogens is 354 g/mol. The average Bonchev–Trinajstić information content (AvgIpc) is 2.76. The second-order valence-corrected chi connectivity index (χ2v) is 7.26. The van der Waals surface area contributed by atoms with Crippen LogP contribution in [0.4, 0.5) is 0 Å². The zero-order valence-corrected chi connectivity index (χ0v) is 16.5. The van der Waals surface area contributed by atoms with Crippen LogP contribution in [0.1, 0.15) is 50.5 Å². The van der Waals surface area contributed by atoms with Gasteiger partial charge in [-0.05, 0) is 55.7 Å². The third-order valence-electron chi connectivity index (χ3n) is 5.05. The Hall–Kier alpha value is -2.27. The smallest absolute Gasteiger partial charge is 0.354 e. The molecule has 1 heterocycles. The molecule has 1 N–H and O–H groups in total. The number of dihydropyridines is 1. The van der Waals surface area contributed by atoms with Gasteiger partial charge in [0.2, 0.25) is 0 Å². The molecule has 1 aromatic carbocycles. The van der Waals surface area contributed by atoms with Crippen molar-refractivity contribution in [2.75, 3.05) is 19.8 Å². The minimum absolute atomic E-state index is 0.316. The zero-order chi connectivity index (χ0) is 19.4. The van der Waals surface area contributed by atoms with Gasteiger partial charge in [0.05, 0.1) is 25.9 Å². The Morgan fingerprint density at radius 3 is 2.61 bits per heavy atom. The van der Waals surface area contributed by atoms with Crippen LogP contribution < -0.4 is 10.1 Å². The van der Waals surface area contributed by atoms with Crippen molar-refractivity contribution in [2.24, 2.45) is 0 Å². The van der Waals surface area contributed by atoms with Gasteiger partial charge in [0, 0.05) is 6.42 Å². The van der Waals surface area contributed by atoms with Crippen molar-refractivity contribution in [1.82, 2.24) is 5.32 Å². The molecule has 5 heteroatoms. The fourth-order valence-electron chi connectivity index (χ4n) is 3.42. The average molecular weight is 386 g/mol. The Morgan fingerprint density at radius 2 is 1.86 bits per heavy atom. The van der Waals surface area contributed by atoms with Crippen LogP contribution in [-0.4, -0.2) is 31.9 Å². The largest absolute Gasteiger partial charge is 0.493 e. The molecule has 1 aliphatic carbocycles. The highest BCUT2D eigenvalue weighted by atomic mass is 16.5. The van der Waals surface area contributed by atoms with Gasteiger partial charge >= 0.3 is 5.97 Å². The molecule has 0 bridgehead atoms. The quantitative estimate of drug-likeness (QED) is 0.481. The molecule has 28 heavy (non-hydrogen) atoms. The second-order valence-electron chi connectivity index (χ2n) is 7.26. The number of rotatable bonds is 10. The number of allylic oxidation sites excluding steroid dienone is 2. The Kier molecular flexibility index (Phi) is 8.44. The summed E-state index contributed by atoms with van der Waals surface area (Å²) in [5.41, 5.74) is 1.77. The molecular formula is C23H31NO4. The van der Waals surface area contributed by atoms with Gasteiger partial charge in [-0.2, -0.15) is 0 Å². The first-order valence-electron chi connectivity index (χ1n) is 10.4. The van der Waals surface area contributed by atoms with Crippen molar-refractivity contribution in [3.05, 3.63) is 53.9 Å². The first-order valence-corrected chi connectivity index (χ1v) is 10.4. The highest BCUT2D eigenvalue weighted by Gasteiger charge is 2.13. The maximum Gasteiger partial charge on any atom is 0.354 e. The SMILES string of the molecule is O=C(OCCCOc1ccc(CCOC2CCCCC2)cc1)C1=CCC=CN1. The summed E-state index contributed by atoms with van der Waals surface area (Å²) >= 11 is 0. The maximum atomic E-state index is 11.8. The Balaban J connectivity index is 1.26. The van der Waals surface area contributed by atoms with E-state index in [-0.39, 0.29) is 5.97 Å². The first kappa shape index (κ1) is 20.5. The van der Waals surface area contributed by atoms with Crippen molar-refractivity contribution >= 4 is 5.97 Å². The number of benzene rings is 1. The molecule has 2 aliphatic rings. The molecule has 1 saturated carbocycles. The van der Waals surface area contributed by atoms with Crippen LogP contribution >= 0.6 is 0 Å². The van der Waals surface area contributed by atoms with Crippen molar-refractivity contribution in [2.45, 2.75) is 57.5 Å². The molecule has 0 radical (unpaired) electrons. The van der Waals surface area contributed by atoms with Gasteiger partial charge in [0.1, 0.15) is 11.4 Å². The van der Waals surface area contributed by atoms with Crippen LogP contribution in [-0.2, 0) is 20.7 Å². The standard InChI is InChI=1S/C23H31NO4/c25-23(22-9-4-5-15-24-22)28-17-6-16-26-21-12-10-19(11-13-21)14-18-27-20-7-2-1-3-8-20/h5,9-13,15,20,24H,1-4,6-8,14,16-18H2. The lowest BCUT2D eigenvalue weighted by Crippen LogP contribution is -2.20. The molecule has 0 saturated heterocycles. The minimum atomic E-state index is -0.316. The number of ether oxygens (including phenoxy) is 3. The van der Waals surface area contributed by atoms with Crippen LogP contribution in [0.3, 0.4) is 0 Å².